The Kier molecular flexibility index (Phi) is 7.04. The molecule has 0 aromatic heterocycles. The molecular weight excluding hydrogens is 431 g/mol. The van der Waals surface area contributed by atoms with E-state index in [1.54, 1.807) is 23.2 Å². The molecule has 0 bridgehead atoms. The van der Waals surface area contributed by atoms with E-state index in [4.69, 9.17) is 16.2 Å². The summed E-state index contributed by atoms with van der Waals surface area (Å²) in [5.41, 5.74) is 17.4. The molecule has 1 aliphatic heterocycles. The molecule has 1 heterocycles. The molecule has 3 aromatic rings. The van der Waals surface area contributed by atoms with Gasteiger partial charge in [0.2, 0.25) is 0 Å². The highest BCUT2D eigenvalue weighted by Gasteiger charge is 2.35. The van der Waals surface area contributed by atoms with E-state index in [0.29, 0.717) is 35.5 Å². The minimum atomic E-state index is -0.708. The molecule has 34 heavy (non-hydrogen) atoms. The average Bonchev–Trinajstić information content (AvgIpc) is 3.20. The number of nitrogen functional groups attached to an aromatic ring is 1. The summed E-state index contributed by atoms with van der Waals surface area (Å²) in [5, 5.41) is 0. The number of hydrogen-bond acceptors (Lipinski definition) is 5. The van der Waals surface area contributed by atoms with Gasteiger partial charge in [-0.05, 0) is 73.0 Å². The van der Waals surface area contributed by atoms with Crippen molar-refractivity contribution in [1.29, 1.82) is 0 Å². The van der Waals surface area contributed by atoms with Crippen LogP contribution in [0, 0.1) is 12.7 Å². The van der Waals surface area contributed by atoms with Gasteiger partial charge in [0.15, 0.2) is 6.23 Å². The number of halogens is 1. The largest absolute Gasteiger partial charge is 0.399 e. The van der Waals surface area contributed by atoms with Crippen molar-refractivity contribution in [2.45, 2.75) is 19.6 Å². The molecule has 1 saturated heterocycles. The van der Waals surface area contributed by atoms with Crippen LogP contribution in [0.25, 0.3) is 5.70 Å². The maximum absolute atomic E-state index is 13.5. The number of ether oxygens (including phenoxy) is 1. The third-order valence-electron chi connectivity index (χ3n) is 5.71. The molecule has 1 aliphatic rings. The number of hydrogen-bond donors (Lipinski definition) is 2. The van der Waals surface area contributed by atoms with Crippen molar-refractivity contribution in [3.05, 3.63) is 101 Å². The van der Waals surface area contributed by atoms with E-state index >= 15 is 0 Å². The first-order chi connectivity index (χ1) is 16.4. The van der Waals surface area contributed by atoms with Crippen LogP contribution in [-0.4, -0.2) is 36.4 Å². The summed E-state index contributed by atoms with van der Waals surface area (Å²) >= 11 is 0. The summed E-state index contributed by atoms with van der Waals surface area (Å²) < 4.78 is 19.4. The van der Waals surface area contributed by atoms with Gasteiger partial charge in [0.1, 0.15) is 12.4 Å². The fourth-order valence-electron chi connectivity index (χ4n) is 3.72. The van der Waals surface area contributed by atoms with Gasteiger partial charge in [-0.2, -0.15) is 0 Å². The van der Waals surface area contributed by atoms with E-state index < -0.39 is 6.23 Å². The van der Waals surface area contributed by atoms with Gasteiger partial charge in [-0.1, -0.05) is 29.8 Å². The van der Waals surface area contributed by atoms with Gasteiger partial charge in [-0.15, -0.1) is 0 Å². The zero-order valence-electron chi connectivity index (χ0n) is 18.9. The zero-order chi connectivity index (χ0) is 24.1. The van der Waals surface area contributed by atoms with Crippen LogP contribution in [0.15, 0.2) is 83.4 Å². The van der Waals surface area contributed by atoms with Gasteiger partial charge in [-0.25, -0.2) is 4.39 Å². The van der Waals surface area contributed by atoms with Crippen molar-refractivity contribution in [2.24, 2.45) is 10.7 Å². The third kappa shape index (κ3) is 5.50. The molecule has 0 spiro atoms. The number of amides is 1. The Hall–Kier alpha value is -3.97. The lowest BCUT2D eigenvalue weighted by Gasteiger charge is -2.25. The first-order valence-electron chi connectivity index (χ1n) is 11.0. The van der Waals surface area contributed by atoms with Gasteiger partial charge >= 0.3 is 0 Å². The first-order valence-corrected chi connectivity index (χ1v) is 11.0. The van der Waals surface area contributed by atoms with Crippen molar-refractivity contribution in [1.82, 2.24) is 4.90 Å². The van der Waals surface area contributed by atoms with E-state index in [9.17, 15) is 9.18 Å². The molecular formula is C27H27FN4O2. The Labute approximate surface area is 198 Å². The van der Waals surface area contributed by atoms with Gasteiger partial charge in [0.05, 0.1) is 5.69 Å². The fourth-order valence-corrected chi connectivity index (χ4v) is 3.72. The summed E-state index contributed by atoms with van der Waals surface area (Å²) in [7, 11) is 0. The number of carbonyl (C=O) groups excluding carboxylic acids is 1. The van der Waals surface area contributed by atoms with E-state index in [2.05, 4.69) is 4.99 Å². The second-order valence-corrected chi connectivity index (χ2v) is 8.21. The molecule has 0 saturated carbocycles. The van der Waals surface area contributed by atoms with E-state index in [1.165, 1.54) is 12.1 Å². The van der Waals surface area contributed by atoms with Crippen LogP contribution < -0.4 is 11.5 Å². The predicted molar refractivity (Wildman–Crippen MR) is 133 cm³/mol. The monoisotopic (exact) mass is 458 g/mol. The number of aliphatic imine (C=N–C) groups is 1. The van der Waals surface area contributed by atoms with Gasteiger partial charge in [-0.3, -0.25) is 9.79 Å². The number of anilines is 1. The second-order valence-electron chi connectivity index (χ2n) is 8.21. The molecule has 1 fully saturated rings. The minimum absolute atomic E-state index is 0.0506. The number of nitrogens with zero attached hydrogens (tertiary/aromatic N) is 2. The van der Waals surface area contributed by atoms with Gasteiger partial charge < -0.3 is 21.1 Å². The summed E-state index contributed by atoms with van der Waals surface area (Å²) in [5.74, 6) is -0.488. The number of benzene rings is 3. The van der Waals surface area contributed by atoms with Crippen LogP contribution in [-0.2, 0) is 16.0 Å². The lowest BCUT2D eigenvalue weighted by molar-refractivity contribution is -0.127. The van der Waals surface area contributed by atoms with Crippen molar-refractivity contribution >= 4 is 29.2 Å². The molecule has 7 heteroatoms. The normalized spacial score (nSPS) is 16.8. The molecule has 174 valence electrons. The Morgan fingerprint density at radius 1 is 1.09 bits per heavy atom. The number of carbonyl (C=O) groups is 1. The Morgan fingerprint density at radius 2 is 1.76 bits per heavy atom. The minimum Gasteiger partial charge on any atom is -0.399 e. The quantitative estimate of drug-likeness (QED) is 0.410. The Balaban J connectivity index is 1.66. The molecule has 4 N–H and O–H groups in total. The first kappa shape index (κ1) is 23.2. The summed E-state index contributed by atoms with van der Waals surface area (Å²) in [4.78, 5) is 18.9. The van der Waals surface area contributed by atoms with Crippen LogP contribution in [0.3, 0.4) is 0 Å². The lowest BCUT2D eigenvalue weighted by atomic mass is 10.0. The molecule has 0 aliphatic carbocycles. The lowest BCUT2D eigenvalue weighted by Crippen LogP contribution is -2.38. The SMILES string of the molecule is Cc1ccc(N=CC(=C(N)c2ccc(F)cc2)C2OCC(=O)N2CCc2ccc(N)cc2)cc1. The van der Waals surface area contributed by atoms with E-state index in [-0.39, 0.29) is 18.3 Å². The molecule has 3 aromatic carbocycles. The molecule has 1 amide bonds. The summed E-state index contributed by atoms with van der Waals surface area (Å²) in [6.45, 7) is 2.39. The highest BCUT2D eigenvalue weighted by molar-refractivity contribution is 5.94. The number of rotatable bonds is 7. The maximum atomic E-state index is 13.5. The Morgan fingerprint density at radius 3 is 2.44 bits per heavy atom. The van der Waals surface area contributed by atoms with Crippen molar-refractivity contribution in [3.8, 4) is 0 Å². The second kappa shape index (κ2) is 10.3. The Bertz CT molecular complexity index is 1200. The highest BCUT2D eigenvalue weighted by Crippen LogP contribution is 2.25. The summed E-state index contributed by atoms with van der Waals surface area (Å²) in [6, 6.07) is 21.2. The molecule has 0 radical (unpaired) electrons. The highest BCUT2D eigenvalue weighted by atomic mass is 19.1. The third-order valence-corrected chi connectivity index (χ3v) is 5.71. The number of nitrogens with two attached hydrogens (primary N) is 2. The van der Waals surface area contributed by atoms with Gasteiger partial charge in [0.25, 0.3) is 5.91 Å². The molecule has 6 nitrogen and oxygen atoms in total. The smallest absolute Gasteiger partial charge is 0.250 e. The fraction of sp³-hybridized carbons (Fsp3) is 0.185. The number of aryl methyl sites for hydroxylation is 1. The molecule has 1 atom stereocenters. The van der Waals surface area contributed by atoms with Crippen LogP contribution in [0.1, 0.15) is 16.7 Å². The van der Waals surface area contributed by atoms with Crippen LogP contribution in [0.5, 0.6) is 0 Å². The van der Waals surface area contributed by atoms with E-state index in [0.717, 1.165) is 16.8 Å². The summed E-state index contributed by atoms with van der Waals surface area (Å²) in [6.07, 6.45) is 1.55. The van der Waals surface area contributed by atoms with Crippen LogP contribution in [0.2, 0.25) is 0 Å². The van der Waals surface area contributed by atoms with E-state index in [1.807, 2.05) is 55.5 Å². The molecule has 1 unspecified atom stereocenters. The zero-order valence-corrected chi connectivity index (χ0v) is 18.9. The topological polar surface area (TPSA) is 93.9 Å². The standard InChI is InChI=1S/C27H27FN4O2/c1-18-2-12-23(13-3-18)31-16-24(26(30)20-6-8-21(28)9-7-20)27-32(25(33)17-34-27)15-14-19-4-10-22(29)11-5-19/h2-13,16,27H,14-15,17,29-30H2,1H3. The maximum Gasteiger partial charge on any atom is 0.250 e. The van der Waals surface area contributed by atoms with Crippen molar-refractivity contribution < 1.29 is 13.9 Å². The van der Waals surface area contributed by atoms with Crippen LogP contribution >= 0.6 is 0 Å². The van der Waals surface area contributed by atoms with Crippen molar-refractivity contribution in [2.75, 3.05) is 18.9 Å². The average molecular weight is 459 g/mol. The van der Waals surface area contributed by atoms with Crippen LogP contribution in [0.4, 0.5) is 15.8 Å². The van der Waals surface area contributed by atoms with Crippen molar-refractivity contribution in [3.63, 3.8) is 0 Å². The molecule has 4 rings (SSSR count). The van der Waals surface area contributed by atoms with Gasteiger partial charge in [0, 0.05) is 29.7 Å². The predicted octanol–water partition coefficient (Wildman–Crippen LogP) is 4.22.